The van der Waals surface area contributed by atoms with Crippen LogP contribution in [0, 0.1) is 19.8 Å². The Morgan fingerprint density at radius 1 is 1.08 bits per heavy atom. The van der Waals surface area contributed by atoms with Crippen LogP contribution in [-0.2, 0) is 6.54 Å². The van der Waals surface area contributed by atoms with Gasteiger partial charge in [-0.3, -0.25) is 9.36 Å². The topological polar surface area (TPSA) is 98.5 Å². The van der Waals surface area contributed by atoms with Crippen LogP contribution in [0.1, 0.15) is 59.3 Å². The van der Waals surface area contributed by atoms with Crippen molar-refractivity contribution in [3.05, 3.63) is 98.3 Å². The zero-order valence-corrected chi connectivity index (χ0v) is 22.4. The van der Waals surface area contributed by atoms with E-state index in [1.165, 1.54) is 4.52 Å². The minimum Gasteiger partial charge on any atom is -0.330 e. The lowest BCUT2D eigenvalue weighted by molar-refractivity contribution is 0.0601. The van der Waals surface area contributed by atoms with Gasteiger partial charge >= 0.3 is 5.69 Å². The number of aryl methyl sites for hydroxylation is 2. The molecule has 2 heterocycles. The van der Waals surface area contributed by atoms with E-state index in [1.54, 1.807) is 16.4 Å². The summed E-state index contributed by atoms with van der Waals surface area (Å²) < 4.78 is 2.85. The quantitative estimate of drug-likeness (QED) is 0.353. The molecule has 0 aliphatic heterocycles. The Kier molecular flexibility index (Phi) is 8.10. The molecule has 0 aliphatic carbocycles. The van der Waals surface area contributed by atoms with Gasteiger partial charge in [-0.25, -0.2) is 9.78 Å². The van der Waals surface area contributed by atoms with E-state index in [0.29, 0.717) is 41.6 Å². The Hall–Kier alpha value is -3.49. The fourth-order valence-corrected chi connectivity index (χ4v) is 4.70. The summed E-state index contributed by atoms with van der Waals surface area (Å²) in [5, 5.41) is 4.66. The molecule has 2 N–H and O–H groups in total. The van der Waals surface area contributed by atoms with Crippen LogP contribution in [0.4, 0.5) is 0 Å². The van der Waals surface area contributed by atoms with Crippen LogP contribution < -0.4 is 11.4 Å². The molecule has 9 heteroatoms. The van der Waals surface area contributed by atoms with E-state index in [0.717, 1.165) is 11.1 Å². The molecule has 2 aromatic carbocycles. The highest BCUT2D eigenvalue weighted by molar-refractivity contribution is 6.34. The Balaban J connectivity index is 1.94. The van der Waals surface area contributed by atoms with Gasteiger partial charge in [0.15, 0.2) is 5.65 Å². The maximum absolute atomic E-state index is 13.9. The van der Waals surface area contributed by atoms with Gasteiger partial charge in [-0.15, -0.1) is 0 Å². The summed E-state index contributed by atoms with van der Waals surface area (Å²) in [7, 11) is 0. The highest BCUT2D eigenvalue weighted by atomic mass is 35.5. The zero-order chi connectivity index (χ0) is 26.7. The molecule has 4 rings (SSSR count). The standard InChI is InChI=1S/C28H33ClN6O2/c1-18(2)24(33(16-8-15-30)27(36)22-13-11-19(3)12-14-22)26-31-25-23(29)20(4)32-35(25)28(37)34(26)17-21-9-6-5-7-10-21/h5-7,9-14,18,24H,8,15-17,30H2,1-4H3/t24-/m0/s1. The molecule has 0 saturated carbocycles. The van der Waals surface area contributed by atoms with Crippen molar-refractivity contribution in [2.75, 3.05) is 13.1 Å². The van der Waals surface area contributed by atoms with Gasteiger partial charge in [0.05, 0.1) is 18.3 Å². The van der Waals surface area contributed by atoms with Crippen LogP contribution in [0.5, 0.6) is 0 Å². The number of nitrogens with zero attached hydrogens (tertiary/aromatic N) is 5. The largest absolute Gasteiger partial charge is 0.352 e. The molecule has 4 aromatic rings. The van der Waals surface area contributed by atoms with Crippen molar-refractivity contribution < 1.29 is 4.79 Å². The summed E-state index contributed by atoms with van der Waals surface area (Å²) in [4.78, 5) is 34.4. The number of benzene rings is 2. The number of carbonyl (C=O) groups excluding carboxylic acids is 1. The summed E-state index contributed by atoms with van der Waals surface area (Å²) >= 11 is 6.53. The molecule has 0 fully saturated rings. The average molecular weight is 521 g/mol. The summed E-state index contributed by atoms with van der Waals surface area (Å²) in [6.45, 7) is 8.90. The maximum atomic E-state index is 13.9. The van der Waals surface area contributed by atoms with Crippen molar-refractivity contribution in [2.45, 2.75) is 46.7 Å². The number of nitrogens with two attached hydrogens (primary N) is 1. The Labute approximate surface area is 221 Å². The van der Waals surface area contributed by atoms with E-state index in [1.807, 2.05) is 75.4 Å². The molecule has 1 atom stereocenters. The first-order valence-corrected chi connectivity index (χ1v) is 12.9. The molecule has 0 bridgehead atoms. The first-order chi connectivity index (χ1) is 17.7. The second-order valence-corrected chi connectivity index (χ2v) is 10.0. The van der Waals surface area contributed by atoms with Crippen molar-refractivity contribution in [1.29, 1.82) is 0 Å². The van der Waals surface area contributed by atoms with Crippen molar-refractivity contribution in [3.63, 3.8) is 0 Å². The normalized spacial score (nSPS) is 12.3. The molecule has 1 amide bonds. The summed E-state index contributed by atoms with van der Waals surface area (Å²) in [5.41, 5.74) is 8.89. The number of aromatic nitrogens is 4. The lowest BCUT2D eigenvalue weighted by Gasteiger charge is -2.35. The van der Waals surface area contributed by atoms with Gasteiger partial charge in [-0.05, 0) is 50.4 Å². The molecule has 0 spiro atoms. The van der Waals surface area contributed by atoms with Crippen LogP contribution in [0.15, 0.2) is 59.4 Å². The van der Waals surface area contributed by atoms with E-state index in [-0.39, 0.29) is 29.7 Å². The van der Waals surface area contributed by atoms with E-state index < -0.39 is 6.04 Å². The molecule has 194 valence electrons. The summed E-state index contributed by atoms with van der Waals surface area (Å²) in [6.07, 6.45) is 0.610. The summed E-state index contributed by atoms with van der Waals surface area (Å²) in [6, 6.07) is 16.7. The minimum atomic E-state index is -0.506. The molecule has 8 nitrogen and oxygen atoms in total. The molecular weight excluding hydrogens is 488 g/mol. The fraction of sp³-hybridized carbons (Fsp3) is 0.357. The molecule has 0 radical (unpaired) electrons. The molecule has 0 aliphatic rings. The van der Waals surface area contributed by atoms with Crippen LogP contribution >= 0.6 is 11.6 Å². The SMILES string of the molecule is Cc1ccc(C(=O)N(CCCN)[C@H](c2nc3c(Cl)c(C)nn3c(=O)n2Cc2ccccc2)C(C)C)cc1. The van der Waals surface area contributed by atoms with Crippen LogP contribution in [0.2, 0.25) is 5.02 Å². The van der Waals surface area contributed by atoms with Crippen LogP contribution in [0.25, 0.3) is 5.65 Å². The number of carbonyl (C=O) groups is 1. The Morgan fingerprint density at radius 2 is 1.76 bits per heavy atom. The third-order valence-corrected chi connectivity index (χ3v) is 6.89. The summed E-state index contributed by atoms with van der Waals surface area (Å²) in [5.74, 6) is 0.269. The van der Waals surface area contributed by atoms with Crippen LogP contribution in [0.3, 0.4) is 0 Å². The third-order valence-electron chi connectivity index (χ3n) is 6.45. The van der Waals surface area contributed by atoms with Gasteiger partial charge in [0.1, 0.15) is 10.8 Å². The van der Waals surface area contributed by atoms with Gasteiger partial charge in [0.25, 0.3) is 5.91 Å². The monoisotopic (exact) mass is 520 g/mol. The van der Waals surface area contributed by atoms with E-state index >= 15 is 0 Å². The maximum Gasteiger partial charge on any atom is 0.352 e. The van der Waals surface area contributed by atoms with Crippen molar-refractivity contribution in [2.24, 2.45) is 11.7 Å². The van der Waals surface area contributed by atoms with Gasteiger partial charge in [0.2, 0.25) is 0 Å². The number of hydrogen-bond acceptors (Lipinski definition) is 5. The van der Waals surface area contributed by atoms with E-state index in [4.69, 9.17) is 22.3 Å². The lowest BCUT2D eigenvalue weighted by atomic mass is 9.99. The van der Waals surface area contributed by atoms with Gasteiger partial charge < -0.3 is 10.6 Å². The van der Waals surface area contributed by atoms with E-state index in [2.05, 4.69) is 5.10 Å². The zero-order valence-electron chi connectivity index (χ0n) is 21.7. The second-order valence-electron chi connectivity index (χ2n) is 9.65. The minimum absolute atomic E-state index is 0.0636. The Morgan fingerprint density at radius 3 is 2.38 bits per heavy atom. The number of rotatable bonds is 9. The number of halogens is 1. The molecule has 0 saturated heterocycles. The smallest absolute Gasteiger partial charge is 0.330 e. The third kappa shape index (κ3) is 5.45. The van der Waals surface area contributed by atoms with Crippen molar-refractivity contribution >= 4 is 23.2 Å². The van der Waals surface area contributed by atoms with Crippen LogP contribution in [-0.4, -0.2) is 43.1 Å². The average Bonchev–Trinajstić information content (AvgIpc) is 3.17. The molecular formula is C28H33ClN6O2. The lowest BCUT2D eigenvalue weighted by Crippen LogP contribution is -2.43. The highest BCUT2D eigenvalue weighted by Crippen LogP contribution is 2.31. The fourth-order valence-electron chi connectivity index (χ4n) is 4.54. The first kappa shape index (κ1) is 26.6. The predicted octanol–water partition coefficient (Wildman–Crippen LogP) is 4.40. The number of amides is 1. The Bertz CT molecular complexity index is 1440. The highest BCUT2D eigenvalue weighted by Gasteiger charge is 2.33. The van der Waals surface area contributed by atoms with Crippen molar-refractivity contribution in [1.82, 2.24) is 24.1 Å². The van der Waals surface area contributed by atoms with Gasteiger partial charge in [-0.2, -0.15) is 9.61 Å². The second kappa shape index (κ2) is 11.3. The van der Waals surface area contributed by atoms with Crippen molar-refractivity contribution in [3.8, 4) is 0 Å². The molecule has 2 aromatic heterocycles. The number of hydrogen-bond donors (Lipinski definition) is 1. The number of fused-ring (bicyclic) bond motifs is 1. The predicted molar refractivity (Wildman–Crippen MR) is 146 cm³/mol. The first-order valence-electron chi connectivity index (χ1n) is 12.5. The van der Waals surface area contributed by atoms with E-state index in [9.17, 15) is 9.59 Å². The van der Waals surface area contributed by atoms with Gasteiger partial charge in [0, 0.05) is 12.1 Å². The van der Waals surface area contributed by atoms with Gasteiger partial charge in [-0.1, -0.05) is 73.5 Å². The molecule has 0 unspecified atom stereocenters. The molecule has 37 heavy (non-hydrogen) atoms.